The Labute approximate surface area is 474 Å². The Kier molecular flexibility index (Phi) is 52.4. The summed E-state index contributed by atoms with van der Waals surface area (Å²) in [7, 11) is 0. The minimum absolute atomic E-state index is 0.132. The lowest BCUT2D eigenvalue weighted by Gasteiger charge is -2.41. The second-order valence-electron chi connectivity index (χ2n) is 23.6. The van der Waals surface area contributed by atoms with E-state index in [9.17, 15) is 35.1 Å². The van der Waals surface area contributed by atoms with Crippen LogP contribution in [0.5, 0.6) is 0 Å². The fourth-order valence-electron chi connectivity index (χ4n) is 10.9. The first-order valence-corrected chi connectivity index (χ1v) is 33.5. The summed E-state index contributed by atoms with van der Waals surface area (Å²) in [5, 5.41) is 57.1. The van der Waals surface area contributed by atoms with Crippen molar-refractivity contribution in [1.29, 1.82) is 0 Å². The first-order valence-electron chi connectivity index (χ1n) is 33.5. The molecule has 77 heavy (non-hydrogen) atoms. The van der Waals surface area contributed by atoms with Gasteiger partial charge in [-0.3, -0.25) is 9.59 Å². The zero-order chi connectivity index (χ0) is 56.1. The molecule has 1 amide bonds. The molecule has 0 bridgehead atoms. The molecule has 1 saturated heterocycles. The van der Waals surface area contributed by atoms with Crippen molar-refractivity contribution < 1.29 is 49.3 Å². The van der Waals surface area contributed by atoms with E-state index in [0.29, 0.717) is 19.3 Å². The second kappa shape index (κ2) is 55.0. The number of amides is 1. The van der Waals surface area contributed by atoms with Crippen LogP contribution in [0.2, 0.25) is 0 Å². The van der Waals surface area contributed by atoms with Gasteiger partial charge in [-0.25, -0.2) is 0 Å². The maximum absolute atomic E-state index is 13.4. The third-order valence-corrected chi connectivity index (χ3v) is 16.2. The van der Waals surface area contributed by atoms with Crippen LogP contribution < -0.4 is 5.32 Å². The number of unbranched alkanes of at least 4 members (excludes halogenated alkanes) is 44. The molecule has 0 aromatic heterocycles. The van der Waals surface area contributed by atoms with Crippen molar-refractivity contribution in [3.05, 3.63) is 12.2 Å². The van der Waals surface area contributed by atoms with Gasteiger partial charge in [0.2, 0.25) is 5.91 Å². The highest BCUT2D eigenvalue weighted by Gasteiger charge is 2.47. The van der Waals surface area contributed by atoms with Crippen molar-refractivity contribution in [1.82, 2.24) is 5.32 Å². The Balaban J connectivity index is 2.59. The van der Waals surface area contributed by atoms with Gasteiger partial charge in [0.1, 0.15) is 24.4 Å². The van der Waals surface area contributed by atoms with Crippen LogP contribution in [-0.2, 0) is 23.8 Å². The van der Waals surface area contributed by atoms with Crippen LogP contribution >= 0.6 is 0 Å². The highest BCUT2D eigenvalue weighted by Crippen LogP contribution is 2.26. The molecule has 0 aliphatic carbocycles. The lowest BCUT2D eigenvalue weighted by atomic mass is 9.99. The molecule has 1 fully saturated rings. The summed E-state index contributed by atoms with van der Waals surface area (Å²) < 4.78 is 17.7. The molecule has 0 saturated carbocycles. The van der Waals surface area contributed by atoms with Crippen LogP contribution in [-0.4, -0.2) is 99.6 Å². The van der Waals surface area contributed by atoms with Gasteiger partial charge in [0.15, 0.2) is 12.4 Å². The van der Waals surface area contributed by atoms with Gasteiger partial charge >= 0.3 is 5.97 Å². The maximum Gasteiger partial charge on any atom is 0.306 e. The lowest BCUT2D eigenvalue weighted by Crippen LogP contribution is -2.61. The molecule has 0 aromatic rings. The quantitative estimate of drug-likeness (QED) is 0.0195. The second-order valence-corrected chi connectivity index (χ2v) is 23.6. The average Bonchev–Trinajstić information content (AvgIpc) is 3.43. The molecule has 1 aliphatic rings. The number of hydrogen-bond donors (Lipinski definition) is 6. The Hall–Kier alpha value is -1.60. The van der Waals surface area contributed by atoms with Gasteiger partial charge in [0.05, 0.1) is 25.4 Å². The minimum atomic E-state index is -1.61. The van der Waals surface area contributed by atoms with Crippen LogP contribution in [0.1, 0.15) is 335 Å². The van der Waals surface area contributed by atoms with Gasteiger partial charge in [-0.2, -0.15) is 0 Å². The lowest BCUT2D eigenvalue weighted by molar-refractivity contribution is -0.305. The fraction of sp³-hybridized carbons (Fsp3) is 0.939. The molecule has 1 rings (SSSR count). The Bertz CT molecular complexity index is 1300. The van der Waals surface area contributed by atoms with E-state index in [2.05, 4.69) is 26.1 Å². The SMILES string of the molecule is CCCCCCCCCCC/C=C/C(O)C(COC1OC(CO)C(O)C(O)C1OC(=O)CCCCCCCCCCCCCCCCCCC)NC(=O)C(O)CCCCCCCCCCCCCCCCCCCCCC. The molecule has 0 spiro atoms. The summed E-state index contributed by atoms with van der Waals surface area (Å²) in [4.78, 5) is 26.6. The Morgan fingerprint density at radius 3 is 1.22 bits per heavy atom. The summed E-state index contributed by atoms with van der Waals surface area (Å²) in [6.07, 6.45) is 52.6. The van der Waals surface area contributed by atoms with E-state index in [1.807, 2.05) is 6.08 Å². The standard InChI is InChI=1S/C66H127NO10/c1-4-7-10-13-16-19-22-24-26-28-29-30-32-33-35-38-41-44-47-50-53-59(70)65(74)67-57(58(69)52-49-46-43-40-37-21-18-15-12-9-6-3)56-75-66-64(63(73)62(72)60(55-68)76-66)77-61(71)54-51-48-45-42-39-36-34-31-27-25-23-20-17-14-11-8-5-2/h49,52,57-60,62-64,66,68-70,72-73H,4-48,50-51,53-56H2,1-3H3,(H,67,74)/b52-49+. The molecule has 6 N–H and O–H groups in total. The smallest absolute Gasteiger partial charge is 0.306 e. The summed E-state index contributed by atoms with van der Waals surface area (Å²) in [6, 6.07) is -1.02. The molecule has 8 unspecified atom stereocenters. The first-order chi connectivity index (χ1) is 37.7. The maximum atomic E-state index is 13.4. The number of carbonyl (C=O) groups is 2. The fourth-order valence-corrected chi connectivity index (χ4v) is 10.9. The first kappa shape index (κ1) is 73.4. The Morgan fingerprint density at radius 1 is 0.494 bits per heavy atom. The number of hydrogen-bond acceptors (Lipinski definition) is 10. The zero-order valence-electron chi connectivity index (χ0n) is 50.6. The third kappa shape index (κ3) is 42.9. The number of aliphatic hydroxyl groups is 5. The van der Waals surface area contributed by atoms with Crippen LogP contribution in [0, 0.1) is 0 Å². The van der Waals surface area contributed by atoms with Crippen LogP contribution in [0.4, 0.5) is 0 Å². The van der Waals surface area contributed by atoms with Gasteiger partial charge in [-0.1, -0.05) is 315 Å². The van der Waals surface area contributed by atoms with E-state index in [0.717, 1.165) is 57.8 Å². The Morgan fingerprint density at radius 2 is 0.844 bits per heavy atom. The summed E-state index contributed by atoms with van der Waals surface area (Å²) in [5.74, 6) is -1.17. The normalized spacial score (nSPS) is 19.0. The van der Waals surface area contributed by atoms with E-state index in [1.54, 1.807) is 6.08 Å². The minimum Gasteiger partial charge on any atom is -0.454 e. The summed E-state index contributed by atoms with van der Waals surface area (Å²) in [5.41, 5.74) is 0. The highest BCUT2D eigenvalue weighted by atomic mass is 16.7. The van der Waals surface area contributed by atoms with E-state index < -0.39 is 67.4 Å². The van der Waals surface area contributed by atoms with Crippen LogP contribution in [0.3, 0.4) is 0 Å². The van der Waals surface area contributed by atoms with Gasteiger partial charge in [0, 0.05) is 6.42 Å². The van der Waals surface area contributed by atoms with Crippen LogP contribution in [0.25, 0.3) is 0 Å². The predicted molar refractivity (Wildman–Crippen MR) is 320 cm³/mol. The van der Waals surface area contributed by atoms with E-state index >= 15 is 0 Å². The predicted octanol–water partition coefficient (Wildman–Crippen LogP) is 16.3. The van der Waals surface area contributed by atoms with Crippen molar-refractivity contribution in [3.8, 4) is 0 Å². The molecule has 456 valence electrons. The molecule has 1 aliphatic heterocycles. The van der Waals surface area contributed by atoms with Gasteiger partial charge < -0.3 is 45.1 Å². The van der Waals surface area contributed by atoms with Crippen molar-refractivity contribution in [3.63, 3.8) is 0 Å². The van der Waals surface area contributed by atoms with Crippen LogP contribution in [0.15, 0.2) is 12.2 Å². The number of allylic oxidation sites excluding steroid dienone is 1. The number of carbonyl (C=O) groups excluding carboxylic acids is 2. The zero-order valence-corrected chi connectivity index (χ0v) is 50.6. The van der Waals surface area contributed by atoms with Gasteiger partial charge in [-0.05, 0) is 25.7 Å². The topological polar surface area (TPSA) is 175 Å². The highest BCUT2D eigenvalue weighted by molar-refractivity contribution is 5.80. The molecule has 11 nitrogen and oxygen atoms in total. The molecule has 0 radical (unpaired) electrons. The van der Waals surface area contributed by atoms with E-state index in [1.165, 1.54) is 231 Å². The van der Waals surface area contributed by atoms with Crippen molar-refractivity contribution >= 4 is 11.9 Å². The molecule has 0 aromatic carbocycles. The number of nitrogens with one attached hydrogen (secondary N) is 1. The van der Waals surface area contributed by atoms with Gasteiger partial charge in [0.25, 0.3) is 0 Å². The summed E-state index contributed by atoms with van der Waals surface area (Å²) in [6.45, 7) is 5.84. The number of rotatable bonds is 58. The molecule has 1 heterocycles. The average molecular weight is 1090 g/mol. The van der Waals surface area contributed by atoms with Crippen molar-refractivity contribution in [2.24, 2.45) is 0 Å². The molecule has 8 atom stereocenters. The molecular weight excluding hydrogens is 967 g/mol. The third-order valence-electron chi connectivity index (χ3n) is 16.2. The van der Waals surface area contributed by atoms with Crippen molar-refractivity contribution in [2.45, 2.75) is 384 Å². The molecular formula is C66H127NO10. The number of aliphatic hydroxyl groups excluding tert-OH is 5. The molecule has 11 heteroatoms. The van der Waals surface area contributed by atoms with E-state index in [4.69, 9.17) is 14.2 Å². The largest absolute Gasteiger partial charge is 0.454 e. The number of ether oxygens (including phenoxy) is 3. The van der Waals surface area contributed by atoms with E-state index in [-0.39, 0.29) is 13.0 Å². The monoisotopic (exact) mass is 1090 g/mol. The van der Waals surface area contributed by atoms with Crippen molar-refractivity contribution in [2.75, 3.05) is 13.2 Å². The summed E-state index contributed by atoms with van der Waals surface area (Å²) >= 11 is 0. The number of esters is 1. The van der Waals surface area contributed by atoms with Gasteiger partial charge in [-0.15, -0.1) is 0 Å².